The second kappa shape index (κ2) is 8.20. The average molecular weight is 426 g/mol. The van der Waals surface area contributed by atoms with Gasteiger partial charge in [-0.25, -0.2) is 14.6 Å². The third-order valence-electron chi connectivity index (χ3n) is 4.94. The van der Waals surface area contributed by atoms with Crippen LogP contribution < -0.4 is 4.90 Å². The van der Waals surface area contributed by atoms with E-state index in [1.807, 2.05) is 60.7 Å². The van der Waals surface area contributed by atoms with Gasteiger partial charge in [0.1, 0.15) is 0 Å². The van der Waals surface area contributed by atoms with Gasteiger partial charge in [-0.15, -0.1) is 11.6 Å². The molecule has 30 heavy (non-hydrogen) atoms. The van der Waals surface area contributed by atoms with Gasteiger partial charge in [-0.1, -0.05) is 36.4 Å². The summed E-state index contributed by atoms with van der Waals surface area (Å²) in [5.41, 5.74) is 0.0367. The molecule has 0 saturated carbocycles. The van der Waals surface area contributed by atoms with Crippen LogP contribution in [0.3, 0.4) is 0 Å². The van der Waals surface area contributed by atoms with Crippen LogP contribution in [-0.4, -0.2) is 47.7 Å². The van der Waals surface area contributed by atoms with Gasteiger partial charge in [-0.2, -0.15) is 0 Å². The highest BCUT2D eigenvalue weighted by Crippen LogP contribution is 2.42. The highest BCUT2D eigenvalue weighted by atomic mass is 35.5. The highest BCUT2D eigenvalue weighted by Gasteiger charge is 2.61. The van der Waals surface area contributed by atoms with Gasteiger partial charge in [0, 0.05) is 37.2 Å². The number of carbonyl (C=O) groups excluding carboxylic acids is 2. The first-order valence-corrected chi connectivity index (χ1v) is 9.98. The number of halogens is 1. The molecule has 2 unspecified atom stereocenters. The molecule has 0 aliphatic carbocycles. The van der Waals surface area contributed by atoms with Crippen molar-refractivity contribution in [2.45, 2.75) is 18.4 Å². The van der Waals surface area contributed by atoms with E-state index in [-0.39, 0.29) is 12.3 Å². The second-order valence-electron chi connectivity index (χ2n) is 6.86. The average Bonchev–Trinajstić information content (AvgIpc) is 2.95. The first kappa shape index (κ1) is 20.0. The summed E-state index contributed by atoms with van der Waals surface area (Å²) in [4.78, 5) is 33.0. The molecule has 0 spiro atoms. The number of nitrogens with zero attached hydrogens (tertiary/aromatic N) is 3. The predicted octanol–water partition coefficient (Wildman–Crippen LogP) is 3.43. The second-order valence-corrected chi connectivity index (χ2v) is 7.23. The summed E-state index contributed by atoms with van der Waals surface area (Å²) < 4.78 is 11.6. The molecule has 0 aromatic heterocycles. The largest absolute Gasteiger partial charge is 0.432 e. The van der Waals surface area contributed by atoms with Gasteiger partial charge in [-0.05, 0) is 24.3 Å². The van der Waals surface area contributed by atoms with Crippen LogP contribution in [0, 0.1) is 0 Å². The molecular weight excluding hydrogens is 406 g/mol. The fourth-order valence-corrected chi connectivity index (χ4v) is 3.96. The highest BCUT2D eigenvalue weighted by molar-refractivity contribution is 6.18. The Kier molecular flexibility index (Phi) is 5.46. The molecule has 2 aromatic rings. The monoisotopic (exact) mass is 425 g/mol. The fourth-order valence-electron chi connectivity index (χ4n) is 3.69. The lowest BCUT2D eigenvalue weighted by atomic mass is 10.1. The molecule has 8 heteroatoms. The Balaban J connectivity index is 1.94. The summed E-state index contributed by atoms with van der Waals surface area (Å²) in [5, 5.41) is 0. The van der Waals surface area contributed by atoms with Gasteiger partial charge in [0.25, 0.3) is 5.72 Å². The Bertz CT molecular complexity index is 996. The van der Waals surface area contributed by atoms with Crippen molar-refractivity contribution in [2.75, 3.05) is 17.8 Å². The third kappa shape index (κ3) is 3.52. The number of esters is 2. The summed E-state index contributed by atoms with van der Waals surface area (Å²) in [6.45, 7) is 0. The Morgan fingerprint density at radius 3 is 2.30 bits per heavy atom. The molecule has 7 nitrogen and oxygen atoms in total. The lowest BCUT2D eigenvalue weighted by Crippen LogP contribution is -2.57. The Morgan fingerprint density at radius 2 is 1.63 bits per heavy atom. The van der Waals surface area contributed by atoms with Gasteiger partial charge in [-0.3, -0.25) is 4.90 Å². The minimum atomic E-state index is -1.39. The van der Waals surface area contributed by atoms with Crippen LogP contribution in [0.4, 0.5) is 11.4 Å². The zero-order valence-electron chi connectivity index (χ0n) is 16.3. The van der Waals surface area contributed by atoms with Crippen LogP contribution in [-0.2, 0) is 19.1 Å². The normalized spacial score (nSPS) is 25.9. The number of hydrogen-bond donors (Lipinski definition) is 0. The number of alkyl halides is 1. The van der Waals surface area contributed by atoms with Crippen molar-refractivity contribution < 1.29 is 19.1 Å². The van der Waals surface area contributed by atoms with Crippen LogP contribution in [0.5, 0.6) is 0 Å². The van der Waals surface area contributed by atoms with Crippen molar-refractivity contribution in [1.82, 2.24) is 4.90 Å². The van der Waals surface area contributed by atoms with Crippen molar-refractivity contribution in [3.05, 3.63) is 72.8 Å². The molecule has 0 amide bonds. The summed E-state index contributed by atoms with van der Waals surface area (Å²) >= 11 is 6.15. The Labute approximate surface area is 179 Å². The van der Waals surface area contributed by atoms with E-state index in [4.69, 9.17) is 26.1 Å². The van der Waals surface area contributed by atoms with E-state index in [0.717, 1.165) is 17.8 Å². The van der Waals surface area contributed by atoms with E-state index < -0.39 is 23.9 Å². The number of para-hydroxylation sites is 2. The lowest BCUT2D eigenvalue weighted by Gasteiger charge is -2.39. The summed E-state index contributed by atoms with van der Waals surface area (Å²) in [7, 11) is 1.74. The number of benzene rings is 2. The lowest BCUT2D eigenvalue weighted by molar-refractivity contribution is -0.188. The fraction of sp³-hybridized carbons (Fsp3) is 0.227. The van der Waals surface area contributed by atoms with E-state index >= 15 is 0 Å². The minimum Gasteiger partial charge on any atom is -0.432 e. The molecule has 2 aromatic carbocycles. The number of hydrogen-bond acceptors (Lipinski definition) is 5. The van der Waals surface area contributed by atoms with Gasteiger partial charge >= 0.3 is 11.9 Å². The van der Waals surface area contributed by atoms with Crippen molar-refractivity contribution >= 4 is 40.9 Å². The van der Waals surface area contributed by atoms with Crippen LogP contribution in [0.15, 0.2) is 77.8 Å². The van der Waals surface area contributed by atoms with Crippen LogP contribution in [0.2, 0.25) is 0 Å². The van der Waals surface area contributed by atoms with E-state index in [1.165, 1.54) is 0 Å². The van der Waals surface area contributed by atoms with Gasteiger partial charge in [0.2, 0.25) is 12.2 Å². The first-order valence-electron chi connectivity index (χ1n) is 9.44. The summed E-state index contributed by atoms with van der Waals surface area (Å²) in [6, 6.07) is 18.7. The number of carbonyl (C=O) groups is 2. The predicted molar refractivity (Wildman–Crippen MR) is 113 cm³/mol. The topological polar surface area (TPSA) is 71.4 Å². The summed E-state index contributed by atoms with van der Waals surface area (Å²) in [6.07, 6.45) is 1.38. The number of anilines is 1. The quantitative estimate of drug-likeness (QED) is 0.552. The standard InChI is InChI=1S/C22H20ClN3O4/c1-25-20-22(14-15-23,30-19(28)13-12-18(27)29-20)26(17-10-6-3-7-11-17)21(25)24-16-8-4-2-5-9-16/h2-13,20H,14-15H2,1H3/b13-12+,24-21?. The molecule has 0 radical (unpaired) electrons. The van der Waals surface area contributed by atoms with Crippen LogP contribution in [0.1, 0.15) is 6.42 Å². The molecule has 2 aliphatic heterocycles. The van der Waals surface area contributed by atoms with Gasteiger partial charge in [0.05, 0.1) is 5.69 Å². The molecule has 0 bridgehead atoms. The molecule has 154 valence electrons. The molecule has 1 saturated heterocycles. The number of ether oxygens (including phenoxy) is 2. The molecular formula is C22H20ClN3O4. The third-order valence-corrected chi connectivity index (χ3v) is 5.13. The minimum absolute atomic E-state index is 0.167. The SMILES string of the molecule is CN1C(=Nc2ccccc2)N(c2ccccc2)C2(CCCl)OC(=O)/C=C/C(=O)OC12. The molecule has 4 rings (SSSR count). The number of aliphatic imine (C=N–C) groups is 1. The Hall–Kier alpha value is -3.32. The van der Waals surface area contributed by atoms with E-state index in [0.29, 0.717) is 11.6 Å². The number of rotatable bonds is 4. The van der Waals surface area contributed by atoms with E-state index in [2.05, 4.69) is 0 Å². The van der Waals surface area contributed by atoms with E-state index in [9.17, 15) is 9.59 Å². The van der Waals surface area contributed by atoms with Crippen molar-refractivity contribution in [3.63, 3.8) is 0 Å². The van der Waals surface area contributed by atoms with Gasteiger partial charge in [0.15, 0.2) is 0 Å². The molecule has 1 fully saturated rings. The maximum atomic E-state index is 12.5. The number of fused-ring (bicyclic) bond motifs is 1. The smallest absolute Gasteiger partial charge is 0.333 e. The van der Waals surface area contributed by atoms with Crippen molar-refractivity contribution in [1.29, 1.82) is 0 Å². The van der Waals surface area contributed by atoms with Crippen molar-refractivity contribution in [2.24, 2.45) is 4.99 Å². The zero-order chi connectivity index (χ0) is 21.1. The number of likely N-dealkylation sites (N-methyl/N-ethyl adjacent to an activating group) is 1. The van der Waals surface area contributed by atoms with E-state index in [1.54, 1.807) is 16.8 Å². The maximum Gasteiger partial charge on any atom is 0.333 e. The molecule has 2 heterocycles. The summed E-state index contributed by atoms with van der Waals surface area (Å²) in [5.74, 6) is -0.667. The maximum absolute atomic E-state index is 12.5. The van der Waals surface area contributed by atoms with Gasteiger partial charge < -0.3 is 14.4 Å². The molecule has 0 N–H and O–H groups in total. The van der Waals surface area contributed by atoms with Crippen LogP contribution in [0.25, 0.3) is 0 Å². The number of guanidine groups is 1. The van der Waals surface area contributed by atoms with Crippen molar-refractivity contribution in [3.8, 4) is 0 Å². The van der Waals surface area contributed by atoms with Crippen LogP contribution >= 0.6 is 11.6 Å². The molecule has 2 aliphatic rings. The zero-order valence-corrected chi connectivity index (χ0v) is 17.0. The molecule has 2 atom stereocenters. The Morgan fingerprint density at radius 1 is 1.00 bits per heavy atom. The first-order chi connectivity index (χ1) is 14.5.